The molecule has 0 saturated carbocycles. The van der Waals surface area contributed by atoms with Crippen LogP contribution in [0.2, 0.25) is 0 Å². The molecule has 0 aliphatic carbocycles. The molecular formula is C14H24NO2+. The maximum atomic E-state index is 5.40. The molecule has 1 unspecified atom stereocenters. The Hall–Kier alpha value is -1.22. The van der Waals surface area contributed by atoms with Crippen molar-refractivity contribution in [3.8, 4) is 11.5 Å². The summed E-state index contributed by atoms with van der Waals surface area (Å²) in [6, 6.07) is 6.48. The fraction of sp³-hybridized carbons (Fsp3) is 0.571. The first kappa shape index (κ1) is 13.8. The summed E-state index contributed by atoms with van der Waals surface area (Å²) in [5.74, 6) is 1.82. The molecule has 0 spiro atoms. The number of hydrogen-bond acceptors (Lipinski definition) is 2. The molecule has 1 atom stereocenters. The lowest BCUT2D eigenvalue weighted by Crippen LogP contribution is -2.44. The summed E-state index contributed by atoms with van der Waals surface area (Å²) in [5.41, 5.74) is 1.20. The van der Waals surface area contributed by atoms with E-state index in [0.29, 0.717) is 6.04 Å². The van der Waals surface area contributed by atoms with Gasteiger partial charge in [-0.1, -0.05) is 0 Å². The van der Waals surface area contributed by atoms with Gasteiger partial charge < -0.3 is 14.0 Å². The number of benzene rings is 1. The molecule has 0 saturated heterocycles. The molecule has 1 aromatic rings. The zero-order valence-electron chi connectivity index (χ0n) is 11.8. The van der Waals surface area contributed by atoms with Gasteiger partial charge in [-0.3, -0.25) is 0 Å². The van der Waals surface area contributed by atoms with Gasteiger partial charge in [0, 0.05) is 12.0 Å². The van der Waals surface area contributed by atoms with Gasteiger partial charge in [-0.2, -0.15) is 0 Å². The van der Waals surface area contributed by atoms with Crippen molar-refractivity contribution in [1.82, 2.24) is 0 Å². The van der Waals surface area contributed by atoms with E-state index in [1.165, 1.54) is 5.56 Å². The second-order valence-corrected chi connectivity index (χ2v) is 5.35. The highest BCUT2D eigenvalue weighted by Crippen LogP contribution is 2.26. The molecule has 1 rings (SSSR count). The minimum Gasteiger partial charge on any atom is -0.497 e. The number of nitrogens with zero attached hydrogens (tertiary/aromatic N) is 1. The van der Waals surface area contributed by atoms with Gasteiger partial charge in [0.25, 0.3) is 0 Å². The normalized spacial score (nSPS) is 13.3. The number of quaternary nitrogens is 1. The lowest BCUT2D eigenvalue weighted by Gasteiger charge is -2.32. The van der Waals surface area contributed by atoms with E-state index in [9.17, 15) is 0 Å². The smallest absolute Gasteiger partial charge is 0.122 e. The maximum Gasteiger partial charge on any atom is 0.122 e. The van der Waals surface area contributed by atoms with Crippen molar-refractivity contribution in [2.24, 2.45) is 0 Å². The summed E-state index contributed by atoms with van der Waals surface area (Å²) in [4.78, 5) is 0. The Labute approximate surface area is 105 Å². The highest BCUT2D eigenvalue weighted by atomic mass is 16.5. The van der Waals surface area contributed by atoms with Crippen LogP contribution >= 0.6 is 0 Å². The third-order valence-electron chi connectivity index (χ3n) is 3.33. The third kappa shape index (κ3) is 3.63. The van der Waals surface area contributed by atoms with Gasteiger partial charge in [0.05, 0.1) is 41.4 Å². The van der Waals surface area contributed by atoms with Crippen LogP contribution < -0.4 is 9.47 Å². The van der Waals surface area contributed by atoms with E-state index in [-0.39, 0.29) is 0 Å². The van der Waals surface area contributed by atoms with Crippen molar-refractivity contribution in [3.63, 3.8) is 0 Å². The Morgan fingerprint density at radius 3 is 2.24 bits per heavy atom. The molecule has 1 aromatic carbocycles. The van der Waals surface area contributed by atoms with E-state index in [1.807, 2.05) is 12.1 Å². The van der Waals surface area contributed by atoms with Crippen LogP contribution in [0.1, 0.15) is 12.5 Å². The van der Waals surface area contributed by atoms with Gasteiger partial charge >= 0.3 is 0 Å². The molecule has 0 N–H and O–H groups in total. The Balaban J connectivity index is 2.95. The Bertz CT molecular complexity index is 369. The highest BCUT2D eigenvalue weighted by Gasteiger charge is 2.20. The summed E-state index contributed by atoms with van der Waals surface area (Å²) >= 11 is 0. The van der Waals surface area contributed by atoms with Gasteiger partial charge in [-0.05, 0) is 25.1 Å². The molecule has 3 nitrogen and oxygen atoms in total. The van der Waals surface area contributed by atoms with Crippen molar-refractivity contribution in [2.75, 3.05) is 35.4 Å². The van der Waals surface area contributed by atoms with Crippen LogP contribution in [0.5, 0.6) is 11.5 Å². The SMILES string of the molecule is COc1ccc(OC)c(CC(C)[N+](C)(C)C)c1. The zero-order valence-corrected chi connectivity index (χ0v) is 11.8. The summed E-state index contributed by atoms with van der Waals surface area (Å²) < 4.78 is 11.6. The highest BCUT2D eigenvalue weighted by molar-refractivity contribution is 5.40. The summed E-state index contributed by atoms with van der Waals surface area (Å²) in [6.07, 6.45) is 0.976. The van der Waals surface area contributed by atoms with Gasteiger partial charge in [0.1, 0.15) is 11.5 Å². The number of hydrogen-bond donors (Lipinski definition) is 0. The van der Waals surface area contributed by atoms with Crippen LogP contribution in [-0.2, 0) is 6.42 Å². The molecule has 0 aliphatic rings. The molecule has 0 radical (unpaired) electrons. The molecule has 96 valence electrons. The van der Waals surface area contributed by atoms with Crippen LogP contribution in [0.3, 0.4) is 0 Å². The summed E-state index contributed by atoms with van der Waals surface area (Å²) in [6.45, 7) is 2.25. The standard InChI is InChI=1S/C14H24NO2/c1-11(15(2,3)4)9-12-10-13(16-5)7-8-14(12)17-6/h7-8,10-11H,9H2,1-6H3/q+1. The first-order valence-electron chi connectivity index (χ1n) is 5.90. The third-order valence-corrected chi connectivity index (χ3v) is 3.33. The molecule has 3 heteroatoms. The van der Waals surface area contributed by atoms with Gasteiger partial charge in [0.15, 0.2) is 0 Å². The van der Waals surface area contributed by atoms with Crippen molar-refractivity contribution in [2.45, 2.75) is 19.4 Å². The summed E-state index contributed by atoms with van der Waals surface area (Å²) in [5, 5.41) is 0. The fourth-order valence-electron chi connectivity index (χ4n) is 1.63. The zero-order chi connectivity index (χ0) is 13.1. The lowest BCUT2D eigenvalue weighted by atomic mass is 10.0. The predicted octanol–water partition coefficient (Wildman–Crippen LogP) is 2.34. The molecular weight excluding hydrogens is 214 g/mol. The first-order valence-corrected chi connectivity index (χ1v) is 5.90. The van der Waals surface area contributed by atoms with Gasteiger partial charge in [-0.15, -0.1) is 0 Å². The van der Waals surface area contributed by atoms with Crippen molar-refractivity contribution < 1.29 is 14.0 Å². The number of rotatable bonds is 5. The molecule has 0 fully saturated rings. The van der Waals surface area contributed by atoms with Gasteiger partial charge in [-0.25, -0.2) is 0 Å². The average Bonchev–Trinajstić information content (AvgIpc) is 2.27. The Morgan fingerprint density at radius 2 is 1.76 bits per heavy atom. The van der Waals surface area contributed by atoms with E-state index >= 15 is 0 Å². The first-order chi connectivity index (χ1) is 7.88. The monoisotopic (exact) mass is 238 g/mol. The molecule has 0 aliphatic heterocycles. The van der Waals surface area contributed by atoms with Crippen molar-refractivity contribution in [3.05, 3.63) is 23.8 Å². The second-order valence-electron chi connectivity index (χ2n) is 5.35. The van der Waals surface area contributed by atoms with Crippen molar-refractivity contribution >= 4 is 0 Å². The van der Waals surface area contributed by atoms with Crippen LogP contribution in [0.25, 0.3) is 0 Å². The van der Waals surface area contributed by atoms with Crippen LogP contribution in [0, 0.1) is 0 Å². The number of ether oxygens (including phenoxy) is 2. The molecule has 0 amide bonds. The Morgan fingerprint density at radius 1 is 1.12 bits per heavy atom. The minimum atomic E-state index is 0.524. The van der Waals surface area contributed by atoms with Crippen LogP contribution in [0.15, 0.2) is 18.2 Å². The fourth-order valence-corrected chi connectivity index (χ4v) is 1.63. The second kappa shape index (κ2) is 5.41. The molecule has 0 heterocycles. The molecule has 0 aromatic heterocycles. The lowest BCUT2D eigenvalue weighted by molar-refractivity contribution is -0.893. The van der Waals surface area contributed by atoms with Crippen LogP contribution in [0.4, 0.5) is 0 Å². The van der Waals surface area contributed by atoms with E-state index < -0.39 is 0 Å². The molecule has 0 bridgehead atoms. The average molecular weight is 238 g/mol. The molecule has 17 heavy (non-hydrogen) atoms. The Kier molecular flexibility index (Phi) is 4.40. The van der Waals surface area contributed by atoms with E-state index in [4.69, 9.17) is 9.47 Å². The van der Waals surface area contributed by atoms with E-state index in [0.717, 1.165) is 22.4 Å². The van der Waals surface area contributed by atoms with Gasteiger partial charge in [0.2, 0.25) is 0 Å². The topological polar surface area (TPSA) is 18.5 Å². The number of methoxy groups -OCH3 is 2. The minimum absolute atomic E-state index is 0.524. The van der Waals surface area contributed by atoms with Crippen LogP contribution in [-0.4, -0.2) is 45.9 Å². The largest absolute Gasteiger partial charge is 0.497 e. The predicted molar refractivity (Wildman–Crippen MR) is 70.7 cm³/mol. The maximum absolute atomic E-state index is 5.40. The summed E-state index contributed by atoms with van der Waals surface area (Å²) in [7, 11) is 10.0. The van der Waals surface area contributed by atoms with E-state index in [2.05, 4.69) is 34.1 Å². The van der Waals surface area contributed by atoms with Crippen molar-refractivity contribution in [1.29, 1.82) is 0 Å². The quantitative estimate of drug-likeness (QED) is 0.733. The number of likely N-dealkylation sites (N-methyl/N-ethyl adjacent to an activating group) is 1. The van der Waals surface area contributed by atoms with E-state index in [1.54, 1.807) is 14.2 Å².